The van der Waals surface area contributed by atoms with Crippen LogP contribution in [0.15, 0.2) is 4.99 Å². The normalized spacial score (nSPS) is 17.6. The zero-order valence-corrected chi connectivity index (χ0v) is 13.6. The highest BCUT2D eigenvalue weighted by molar-refractivity contribution is 5.79. The molecule has 0 unspecified atom stereocenters. The Morgan fingerprint density at radius 2 is 1.95 bits per heavy atom. The Balaban J connectivity index is 2.24. The molecule has 0 radical (unpaired) electrons. The molecular weight excluding hydrogens is 250 g/mol. The van der Waals surface area contributed by atoms with Crippen molar-refractivity contribution in [2.45, 2.75) is 58.8 Å². The Labute approximate surface area is 124 Å². The zero-order valence-electron chi connectivity index (χ0n) is 13.6. The smallest absolute Gasteiger partial charge is 0.191 e. The van der Waals surface area contributed by atoms with Gasteiger partial charge in [0, 0.05) is 33.4 Å². The Bertz CT molecular complexity index is 269. The number of hydrogen-bond acceptors (Lipinski definition) is 2. The van der Waals surface area contributed by atoms with E-state index in [0.29, 0.717) is 5.41 Å². The van der Waals surface area contributed by atoms with Crippen molar-refractivity contribution in [1.29, 1.82) is 0 Å². The highest BCUT2D eigenvalue weighted by Gasteiger charge is 2.34. The standard InChI is InChI=1S/C16H33N3O/c1-4-16(10-9-11-16)14-19-15(17-5-2)18-12-7-6-8-13-20-3/h4-14H2,1-3H3,(H2,17,18,19). The fourth-order valence-electron chi connectivity index (χ4n) is 2.64. The fourth-order valence-corrected chi connectivity index (χ4v) is 2.64. The highest BCUT2D eigenvalue weighted by Crippen LogP contribution is 2.43. The number of nitrogens with one attached hydrogen (secondary N) is 2. The van der Waals surface area contributed by atoms with Gasteiger partial charge in [-0.2, -0.15) is 0 Å². The van der Waals surface area contributed by atoms with Crippen molar-refractivity contribution in [3.05, 3.63) is 0 Å². The number of guanidine groups is 1. The first-order valence-electron chi connectivity index (χ1n) is 8.27. The lowest BCUT2D eigenvalue weighted by atomic mass is 9.67. The van der Waals surface area contributed by atoms with Crippen molar-refractivity contribution >= 4 is 5.96 Å². The molecule has 4 nitrogen and oxygen atoms in total. The summed E-state index contributed by atoms with van der Waals surface area (Å²) in [5.74, 6) is 0.985. The van der Waals surface area contributed by atoms with Gasteiger partial charge in [-0.15, -0.1) is 0 Å². The molecular formula is C16H33N3O. The predicted molar refractivity (Wildman–Crippen MR) is 86.3 cm³/mol. The second-order valence-electron chi connectivity index (χ2n) is 5.88. The van der Waals surface area contributed by atoms with Gasteiger partial charge >= 0.3 is 0 Å². The molecule has 0 aliphatic heterocycles. The van der Waals surface area contributed by atoms with Gasteiger partial charge in [0.1, 0.15) is 0 Å². The molecule has 1 aliphatic carbocycles. The van der Waals surface area contributed by atoms with Crippen LogP contribution in [0.3, 0.4) is 0 Å². The monoisotopic (exact) mass is 283 g/mol. The largest absolute Gasteiger partial charge is 0.385 e. The number of aliphatic imine (C=N–C) groups is 1. The van der Waals surface area contributed by atoms with Gasteiger partial charge in [-0.1, -0.05) is 13.3 Å². The molecule has 1 fully saturated rings. The molecule has 2 N–H and O–H groups in total. The molecule has 0 bridgehead atoms. The SMILES string of the molecule is CCNC(=NCC1(CC)CCC1)NCCCCCOC. The van der Waals surface area contributed by atoms with Crippen LogP contribution in [0, 0.1) is 5.41 Å². The van der Waals surface area contributed by atoms with Crippen molar-refractivity contribution in [2.24, 2.45) is 10.4 Å². The van der Waals surface area contributed by atoms with Crippen LogP contribution in [0.1, 0.15) is 58.8 Å². The molecule has 1 saturated carbocycles. The molecule has 0 saturated heterocycles. The van der Waals surface area contributed by atoms with Gasteiger partial charge in [-0.25, -0.2) is 0 Å². The third-order valence-electron chi connectivity index (χ3n) is 4.40. The number of unbranched alkanes of at least 4 members (excludes halogenated alkanes) is 2. The van der Waals surface area contributed by atoms with Crippen molar-refractivity contribution < 1.29 is 4.74 Å². The summed E-state index contributed by atoms with van der Waals surface area (Å²) < 4.78 is 5.06. The van der Waals surface area contributed by atoms with Gasteiger partial charge in [0.05, 0.1) is 0 Å². The van der Waals surface area contributed by atoms with Gasteiger partial charge in [-0.05, 0) is 50.9 Å². The number of rotatable bonds is 10. The maximum Gasteiger partial charge on any atom is 0.191 e. The number of ether oxygens (including phenoxy) is 1. The van der Waals surface area contributed by atoms with Crippen molar-refractivity contribution in [3.8, 4) is 0 Å². The first-order valence-corrected chi connectivity index (χ1v) is 8.27. The van der Waals surface area contributed by atoms with E-state index in [2.05, 4.69) is 24.5 Å². The molecule has 0 aromatic carbocycles. The quantitative estimate of drug-likeness (QED) is 0.368. The van der Waals surface area contributed by atoms with E-state index in [4.69, 9.17) is 9.73 Å². The Kier molecular flexibility index (Phi) is 8.67. The van der Waals surface area contributed by atoms with E-state index >= 15 is 0 Å². The first kappa shape index (κ1) is 17.3. The molecule has 0 aromatic heterocycles. The van der Waals surface area contributed by atoms with E-state index in [1.807, 2.05) is 0 Å². The topological polar surface area (TPSA) is 45.7 Å². The second kappa shape index (κ2) is 10.0. The van der Waals surface area contributed by atoms with E-state index in [1.54, 1.807) is 7.11 Å². The summed E-state index contributed by atoms with van der Waals surface area (Å²) in [5, 5.41) is 6.78. The summed E-state index contributed by atoms with van der Waals surface area (Å²) in [6.07, 6.45) is 8.86. The van der Waals surface area contributed by atoms with Crippen molar-refractivity contribution in [1.82, 2.24) is 10.6 Å². The number of hydrogen-bond donors (Lipinski definition) is 2. The van der Waals surface area contributed by atoms with E-state index in [9.17, 15) is 0 Å². The molecule has 0 heterocycles. The maximum atomic E-state index is 5.06. The first-order chi connectivity index (χ1) is 9.76. The highest BCUT2D eigenvalue weighted by atomic mass is 16.5. The van der Waals surface area contributed by atoms with Crippen LogP contribution in [0.2, 0.25) is 0 Å². The summed E-state index contributed by atoms with van der Waals surface area (Å²) in [6, 6.07) is 0. The van der Waals surface area contributed by atoms with Crippen LogP contribution in [-0.4, -0.2) is 39.3 Å². The van der Waals surface area contributed by atoms with E-state index in [-0.39, 0.29) is 0 Å². The lowest BCUT2D eigenvalue weighted by Crippen LogP contribution is -2.40. The average molecular weight is 283 g/mol. The molecule has 20 heavy (non-hydrogen) atoms. The van der Waals surface area contributed by atoms with Crippen LogP contribution in [0.25, 0.3) is 0 Å². The van der Waals surface area contributed by atoms with Crippen molar-refractivity contribution in [3.63, 3.8) is 0 Å². The lowest BCUT2D eigenvalue weighted by molar-refractivity contribution is 0.139. The second-order valence-corrected chi connectivity index (χ2v) is 5.88. The average Bonchev–Trinajstić information content (AvgIpc) is 2.41. The minimum absolute atomic E-state index is 0.501. The fraction of sp³-hybridized carbons (Fsp3) is 0.938. The van der Waals surface area contributed by atoms with E-state index in [1.165, 1.54) is 38.5 Å². The van der Waals surface area contributed by atoms with Crippen LogP contribution >= 0.6 is 0 Å². The van der Waals surface area contributed by atoms with Gasteiger partial charge in [0.2, 0.25) is 0 Å². The van der Waals surface area contributed by atoms with Gasteiger partial charge < -0.3 is 15.4 Å². The third kappa shape index (κ3) is 6.12. The number of methoxy groups -OCH3 is 1. The Hall–Kier alpha value is -0.770. The minimum atomic E-state index is 0.501. The van der Waals surface area contributed by atoms with E-state index in [0.717, 1.165) is 38.6 Å². The third-order valence-corrected chi connectivity index (χ3v) is 4.40. The van der Waals surface area contributed by atoms with Crippen LogP contribution in [0.4, 0.5) is 0 Å². The zero-order chi connectivity index (χ0) is 14.7. The molecule has 118 valence electrons. The molecule has 4 heteroatoms. The summed E-state index contributed by atoms with van der Waals surface area (Å²) in [5.41, 5.74) is 0.501. The predicted octanol–water partition coefficient (Wildman–Crippen LogP) is 2.94. The summed E-state index contributed by atoms with van der Waals surface area (Å²) in [7, 11) is 1.76. The Morgan fingerprint density at radius 3 is 2.50 bits per heavy atom. The number of nitrogens with zero attached hydrogens (tertiary/aromatic N) is 1. The minimum Gasteiger partial charge on any atom is -0.385 e. The molecule has 0 amide bonds. The Morgan fingerprint density at radius 1 is 1.15 bits per heavy atom. The van der Waals surface area contributed by atoms with Crippen LogP contribution in [0.5, 0.6) is 0 Å². The summed E-state index contributed by atoms with van der Waals surface area (Å²) >= 11 is 0. The van der Waals surface area contributed by atoms with Crippen molar-refractivity contribution in [2.75, 3.05) is 33.4 Å². The molecule has 0 atom stereocenters. The van der Waals surface area contributed by atoms with Gasteiger partial charge in [0.25, 0.3) is 0 Å². The molecule has 0 spiro atoms. The maximum absolute atomic E-state index is 5.06. The molecule has 1 aliphatic rings. The van der Waals surface area contributed by atoms with Gasteiger partial charge in [0.15, 0.2) is 5.96 Å². The van der Waals surface area contributed by atoms with Gasteiger partial charge in [-0.3, -0.25) is 4.99 Å². The van der Waals surface area contributed by atoms with E-state index < -0.39 is 0 Å². The van der Waals surface area contributed by atoms with Crippen LogP contribution in [-0.2, 0) is 4.74 Å². The summed E-state index contributed by atoms with van der Waals surface area (Å²) in [6.45, 7) is 8.18. The summed E-state index contributed by atoms with van der Waals surface area (Å²) in [4.78, 5) is 4.78. The van der Waals surface area contributed by atoms with Crippen LogP contribution < -0.4 is 10.6 Å². The lowest BCUT2D eigenvalue weighted by Gasteiger charge is -2.40. The molecule has 1 rings (SSSR count). The molecule has 0 aromatic rings.